The maximum atomic E-state index is 9.00. The molecule has 2 aromatic carbocycles. The summed E-state index contributed by atoms with van der Waals surface area (Å²) in [6, 6.07) is 14.3. The topological polar surface area (TPSA) is 72.5 Å². The van der Waals surface area contributed by atoms with E-state index in [2.05, 4.69) is 18.2 Å². The van der Waals surface area contributed by atoms with Gasteiger partial charge < -0.3 is 15.6 Å². The van der Waals surface area contributed by atoms with Crippen molar-refractivity contribution in [2.75, 3.05) is 13.7 Å². The van der Waals surface area contributed by atoms with E-state index >= 15 is 0 Å². The average molecular weight is 263 g/mol. The van der Waals surface area contributed by atoms with Gasteiger partial charge in [0.1, 0.15) is 5.75 Å². The Bertz CT molecular complexity index is 493. The molecule has 0 saturated carbocycles. The van der Waals surface area contributed by atoms with Crippen molar-refractivity contribution in [2.24, 2.45) is 5.73 Å². The Hall–Kier alpha value is -2.07. The van der Waals surface area contributed by atoms with E-state index in [4.69, 9.17) is 20.4 Å². The monoisotopic (exact) mass is 263 g/mol. The summed E-state index contributed by atoms with van der Waals surface area (Å²) in [5.41, 5.74) is 4.85. The summed E-state index contributed by atoms with van der Waals surface area (Å²) in [7, 11) is 1.68. The van der Waals surface area contributed by atoms with Gasteiger partial charge in [-0.3, -0.25) is 4.79 Å². The highest BCUT2D eigenvalue weighted by molar-refractivity contribution is 5.83. The van der Waals surface area contributed by atoms with Crippen LogP contribution in [0.3, 0.4) is 0 Å². The lowest BCUT2D eigenvalue weighted by Gasteiger charge is -2.00. The third-order valence-electron chi connectivity index (χ3n) is 1.96. The number of carboxylic acids is 1. The van der Waals surface area contributed by atoms with E-state index in [1.807, 2.05) is 31.2 Å². The zero-order valence-electron chi connectivity index (χ0n) is 11.6. The van der Waals surface area contributed by atoms with Crippen LogP contribution in [0.25, 0.3) is 10.8 Å². The molecule has 0 fully saturated rings. The van der Waals surface area contributed by atoms with Gasteiger partial charge >= 0.3 is 0 Å². The first-order chi connectivity index (χ1) is 9.04. The molecule has 0 heterocycles. The highest BCUT2D eigenvalue weighted by Gasteiger charge is 1.93. The Kier molecular flexibility index (Phi) is 8.83. The first-order valence-corrected chi connectivity index (χ1v) is 5.97. The van der Waals surface area contributed by atoms with Gasteiger partial charge in [0, 0.05) is 6.92 Å². The highest BCUT2D eigenvalue weighted by Crippen LogP contribution is 2.19. The maximum absolute atomic E-state index is 9.00. The largest absolute Gasteiger partial charge is 0.497 e. The fraction of sp³-hybridized carbons (Fsp3) is 0.267. The van der Waals surface area contributed by atoms with Gasteiger partial charge in [-0.05, 0) is 29.4 Å². The molecule has 2 rings (SSSR count). The second-order valence-electron chi connectivity index (χ2n) is 3.64. The summed E-state index contributed by atoms with van der Waals surface area (Å²) in [6.07, 6.45) is 0. The first-order valence-electron chi connectivity index (χ1n) is 5.97. The molecule has 0 spiro atoms. The van der Waals surface area contributed by atoms with Gasteiger partial charge in [0.25, 0.3) is 5.97 Å². The number of aliphatic carboxylic acids is 1. The van der Waals surface area contributed by atoms with E-state index in [-0.39, 0.29) is 0 Å². The van der Waals surface area contributed by atoms with Gasteiger partial charge in [-0.15, -0.1) is 0 Å². The number of hydrogen-bond donors (Lipinski definition) is 2. The standard InChI is InChI=1S/C11H10O.C2H7N.C2H4O2/c1-12-11-7-6-9-4-2-3-5-10(9)8-11;1-2-3;1-2(3)4/h2-8H,1H3;2-3H2,1H3;1H3,(H,3,4). The van der Waals surface area contributed by atoms with Crippen molar-refractivity contribution >= 4 is 16.7 Å². The maximum Gasteiger partial charge on any atom is 0.300 e. The molecule has 0 aliphatic carbocycles. The van der Waals surface area contributed by atoms with E-state index in [1.165, 1.54) is 10.8 Å². The Morgan fingerprint density at radius 1 is 1.21 bits per heavy atom. The number of carbonyl (C=O) groups is 1. The summed E-state index contributed by atoms with van der Waals surface area (Å²) in [5, 5.41) is 9.88. The molecule has 4 nitrogen and oxygen atoms in total. The Morgan fingerprint density at radius 3 is 2.16 bits per heavy atom. The molecule has 2 aromatic rings. The minimum Gasteiger partial charge on any atom is -0.497 e. The Morgan fingerprint density at radius 2 is 1.68 bits per heavy atom. The van der Waals surface area contributed by atoms with Crippen LogP contribution in [0.2, 0.25) is 0 Å². The minimum atomic E-state index is -0.833. The van der Waals surface area contributed by atoms with Crippen molar-refractivity contribution in [1.82, 2.24) is 0 Å². The zero-order chi connectivity index (χ0) is 14.7. The van der Waals surface area contributed by atoms with Gasteiger partial charge in [0.05, 0.1) is 7.11 Å². The number of nitrogens with two attached hydrogens (primary N) is 1. The molecule has 19 heavy (non-hydrogen) atoms. The lowest BCUT2D eigenvalue weighted by atomic mass is 10.1. The summed E-state index contributed by atoms with van der Waals surface area (Å²) in [4.78, 5) is 9.00. The Labute approximate surface area is 113 Å². The Balaban J connectivity index is 0.000000393. The molecule has 0 saturated heterocycles. The molecule has 0 aromatic heterocycles. The summed E-state index contributed by atoms with van der Waals surface area (Å²) < 4.78 is 5.12. The number of hydrogen-bond acceptors (Lipinski definition) is 3. The van der Waals surface area contributed by atoms with Crippen LogP contribution in [-0.4, -0.2) is 24.7 Å². The predicted octanol–water partition coefficient (Wildman–Crippen LogP) is 2.90. The lowest BCUT2D eigenvalue weighted by molar-refractivity contribution is -0.134. The van der Waals surface area contributed by atoms with Gasteiger partial charge in [-0.2, -0.15) is 0 Å². The van der Waals surface area contributed by atoms with Crippen LogP contribution in [0, 0.1) is 0 Å². The van der Waals surface area contributed by atoms with Gasteiger partial charge in [0.15, 0.2) is 0 Å². The van der Waals surface area contributed by atoms with Gasteiger partial charge in [-0.1, -0.05) is 37.3 Å². The second kappa shape index (κ2) is 9.91. The number of rotatable bonds is 1. The van der Waals surface area contributed by atoms with Crippen LogP contribution >= 0.6 is 0 Å². The molecular formula is C15H21NO3. The van der Waals surface area contributed by atoms with Crippen LogP contribution in [0.15, 0.2) is 42.5 Å². The smallest absolute Gasteiger partial charge is 0.300 e. The molecular weight excluding hydrogens is 242 g/mol. The zero-order valence-corrected chi connectivity index (χ0v) is 11.6. The van der Waals surface area contributed by atoms with E-state index < -0.39 is 5.97 Å². The second-order valence-corrected chi connectivity index (χ2v) is 3.64. The fourth-order valence-corrected chi connectivity index (χ4v) is 1.29. The van der Waals surface area contributed by atoms with Crippen molar-refractivity contribution < 1.29 is 14.6 Å². The molecule has 3 N–H and O–H groups in total. The molecule has 0 atom stereocenters. The highest BCUT2D eigenvalue weighted by atomic mass is 16.5. The number of benzene rings is 2. The fourth-order valence-electron chi connectivity index (χ4n) is 1.29. The van der Waals surface area contributed by atoms with Crippen molar-refractivity contribution in [3.8, 4) is 5.75 Å². The first kappa shape index (κ1) is 16.9. The van der Waals surface area contributed by atoms with Crippen molar-refractivity contribution in [1.29, 1.82) is 0 Å². The average Bonchev–Trinajstić information content (AvgIpc) is 2.38. The third kappa shape index (κ3) is 7.78. The molecule has 0 bridgehead atoms. The number of fused-ring (bicyclic) bond motifs is 1. The van der Waals surface area contributed by atoms with Crippen LogP contribution in [0.5, 0.6) is 5.75 Å². The number of carboxylic acid groups (broad SMARTS) is 1. The predicted molar refractivity (Wildman–Crippen MR) is 78.5 cm³/mol. The van der Waals surface area contributed by atoms with Gasteiger partial charge in [-0.25, -0.2) is 0 Å². The molecule has 0 aliphatic rings. The number of ether oxygens (including phenoxy) is 1. The van der Waals surface area contributed by atoms with Crippen molar-refractivity contribution in [3.05, 3.63) is 42.5 Å². The summed E-state index contributed by atoms with van der Waals surface area (Å²) >= 11 is 0. The normalized spacial score (nSPS) is 8.63. The van der Waals surface area contributed by atoms with E-state index in [1.54, 1.807) is 7.11 Å². The minimum absolute atomic E-state index is 0.750. The van der Waals surface area contributed by atoms with E-state index in [0.29, 0.717) is 0 Å². The molecule has 0 unspecified atom stereocenters. The molecule has 0 amide bonds. The van der Waals surface area contributed by atoms with Crippen LogP contribution in [-0.2, 0) is 4.79 Å². The molecule has 0 radical (unpaired) electrons. The van der Waals surface area contributed by atoms with Gasteiger partial charge in [0.2, 0.25) is 0 Å². The van der Waals surface area contributed by atoms with Crippen LogP contribution < -0.4 is 10.5 Å². The third-order valence-corrected chi connectivity index (χ3v) is 1.96. The van der Waals surface area contributed by atoms with E-state index in [0.717, 1.165) is 19.2 Å². The van der Waals surface area contributed by atoms with Crippen LogP contribution in [0.4, 0.5) is 0 Å². The van der Waals surface area contributed by atoms with Crippen LogP contribution in [0.1, 0.15) is 13.8 Å². The SMILES string of the molecule is CC(=O)O.CCN.COc1ccc2ccccc2c1. The summed E-state index contributed by atoms with van der Waals surface area (Å²) in [5.74, 6) is 0.0775. The quantitative estimate of drug-likeness (QED) is 0.829. The molecule has 4 heteroatoms. The van der Waals surface area contributed by atoms with Crippen molar-refractivity contribution in [3.63, 3.8) is 0 Å². The molecule has 0 aliphatic heterocycles. The molecule has 104 valence electrons. The van der Waals surface area contributed by atoms with Crippen molar-refractivity contribution in [2.45, 2.75) is 13.8 Å². The summed E-state index contributed by atoms with van der Waals surface area (Å²) in [6.45, 7) is 3.74. The number of methoxy groups -OCH3 is 1. The lowest BCUT2D eigenvalue weighted by Crippen LogP contribution is -1.87. The van der Waals surface area contributed by atoms with E-state index in [9.17, 15) is 0 Å².